The molecule has 0 spiro atoms. The monoisotopic (exact) mass is 270 g/mol. The van der Waals surface area contributed by atoms with Gasteiger partial charge in [-0.2, -0.15) is 11.8 Å². The molecule has 1 aromatic rings. The molecule has 17 heavy (non-hydrogen) atoms. The van der Waals surface area contributed by atoms with Gasteiger partial charge in [-0.25, -0.2) is 0 Å². The van der Waals surface area contributed by atoms with Gasteiger partial charge in [0.25, 0.3) is 0 Å². The highest BCUT2D eigenvalue weighted by molar-refractivity contribution is 7.99. The Hall–Kier alpha value is -0.180. The summed E-state index contributed by atoms with van der Waals surface area (Å²) in [5.74, 6) is 1.96. The van der Waals surface area contributed by atoms with Gasteiger partial charge in [-0.15, -0.1) is 0 Å². The third kappa shape index (κ3) is 2.81. The van der Waals surface area contributed by atoms with E-state index < -0.39 is 5.60 Å². The van der Waals surface area contributed by atoms with Crippen molar-refractivity contribution < 1.29 is 5.11 Å². The van der Waals surface area contributed by atoms with E-state index in [1.807, 2.05) is 36.0 Å². The molecule has 1 aromatic carbocycles. The minimum absolute atomic E-state index is 0.0272. The van der Waals surface area contributed by atoms with Crippen molar-refractivity contribution in [2.75, 3.05) is 11.5 Å². The van der Waals surface area contributed by atoms with E-state index in [4.69, 9.17) is 11.6 Å². The van der Waals surface area contributed by atoms with Gasteiger partial charge in [0.05, 0.1) is 5.60 Å². The first-order valence-corrected chi connectivity index (χ1v) is 7.51. The minimum atomic E-state index is -0.624. The first-order chi connectivity index (χ1) is 7.93. The molecule has 0 aliphatic carbocycles. The summed E-state index contributed by atoms with van der Waals surface area (Å²) in [6, 6.07) is 7.81. The molecular weight excluding hydrogens is 252 g/mol. The number of hydrogen-bond acceptors (Lipinski definition) is 2. The average molecular weight is 271 g/mol. The number of halogens is 1. The molecule has 1 aliphatic heterocycles. The van der Waals surface area contributed by atoms with Gasteiger partial charge in [-0.05, 0) is 35.3 Å². The van der Waals surface area contributed by atoms with E-state index in [0.29, 0.717) is 6.42 Å². The lowest BCUT2D eigenvalue weighted by atomic mass is 9.70. The third-order valence-electron chi connectivity index (χ3n) is 3.86. The predicted octanol–water partition coefficient (Wildman–Crippen LogP) is 3.78. The molecule has 0 radical (unpaired) electrons. The van der Waals surface area contributed by atoms with E-state index in [1.165, 1.54) is 0 Å². The molecule has 94 valence electrons. The number of benzene rings is 1. The van der Waals surface area contributed by atoms with Crippen LogP contribution in [0.4, 0.5) is 0 Å². The standard InChI is InChI=1S/C14H19ClOS/c1-13(2)6-7-17-10-14(13,16)9-11-4-3-5-12(15)8-11/h3-5,8,16H,6-7,9-10H2,1-2H3. The van der Waals surface area contributed by atoms with Crippen molar-refractivity contribution in [3.8, 4) is 0 Å². The van der Waals surface area contributed by atoms with Gasteiger partial charge in [0, 0.05) is 17.2 Å². The Balaban J connectivity index is 2.21. The normalized spacial score (nSPS) is 28.0. The van der Waals surface area contributed by atoms with Crippen LogP contribution in [-0.4, -0.2) is 22.2 Å². The molecule has 3 heteroatoms. The molecule has 0 amide bonds. The van der Waals surface area contributed by atoms with Crippen LogP contribution >= 0.6 is 23.4 Å². The van der Waals surface area contributed by atoms with Gasteiger partial charge < -0.3 is 5.11 Å². The molecule has 1 fully saturated rings. The summed E-state index contributed by atoms with van der Waals surface area (Å²) in [7, 11) is 0. The Labute approximate surface area is 113 Å². The molecule has 0 saturated carbocycles. The van der Waals surface area contributed by atoms with Crippen molar-refractivity contribution in [1.82, 2.24) is 0 Å². The zero-order valence-electron chi connectivity index (χ0n) is 10.4. The Morgan fingerprint density at radius 2 is 2.18 bits per heavy atom. The zero-order valence-corrected chi connectivity index (χ0v) is 11.9. The Morgan fingerprint density at radius 3 is 2.82 bits per heavy atom. The van der Waals surface area contributed by atoms with Crippen molar-refractivity contribution >= 4 is 23.4 Å². The lowest BCUT2D eigenvalue weighted by Crippen LogP contribution is -2.51. The molecule has 1 atom stereocenters. The lowest BCUT2D eigenvalue weighted by molar-refractivity contribution is -0.0512. The summed E-state index contributed by atoms with van der Waals surface area (Å²) in [6.45, 7) is 4.33. The second kappa shape index (κ2) is 4.83. The highest BCUT2D eigenvalue weighted by Gasteiger charge is 2.45. The van der Waals surface area contributed by atoms with Gasteiger partial charge in [-0.3, -0.25) is 0 Å². The average Bonchev–Trinajstić information content (AvgIpc) is 2.23. The van der Waals surface area contributed by atoms with E-state index in [0.717, 1.165) is 28.5 Å². The van der Waals surface area contributed by atoms with Gasteiger partial charge in [0.15, 0.2) is 0 Å². The molecule has 1 heterocycles. The van der Waals surface area contributed by atoms with Crippen LogP contribution in [0.25, 0.3) is 0 Å². The van der Waals surface area contributed by atoms with Gasteiger partial charge in [-0.1, -0.05) is 37.6 Å². The van der Waals surface area contributed by atoms with E-state index in [9.17, 15) is 5.11 Å². The highest BCUT2D eigenvalue weighted by Crippen LogP contribution is 2.44. The quantitative estimate of drug-likeness (QED) is 0.883. The summed E-state index contributed by atoms with van der Waals surface area (Å²) in [4.78, 5) is 0. The van der Waals surface area contributed by atoms with Crippen molar-refractivity contribution in [2.45, 2.75) is 32.3 Å². The SMILES string of the molecule is CC1(C)CCSCC1(O)Cc1cccc(Cl)c1. The summed E-state index contributed by atoms with van der Waals surface area (Å²) in [5.41, 5.74) is 0.469. The smallest absolute Gasteiger partial charge is 0.0828 e. The molecular formula is C14H19ClOS. The van der Waals surface area contributed by atoms with Crippen LogP contribution in [0, 0.1) is 5.41 Å². The fourth-order valence-electron chi connectivity index (χ4n) is 2.27. The molecule has 1 N–H and O–H groups in total. The molecule has 1 saturated heterocycles. The maximum atomic E-state index is 10.9. The zero-order chi connectivity index (χ0) is 12.5. The number of thioether (sulfide) groups is 1. The highest BCUT2D eigenvalue weighted by atomic mass is 35.5. The van der Waals surface area contributed by atoms with Crippen molar-refractivity contribution in [3.63, 3.8) is 0 Å². The fraction of sp³-hybridized carbons (Fsp3) is 0.571. The molecule has 0 bridgehead atoms. The van der Waals surface area contributed by atoms with E-state index in [2.05, 4.69) is 13.8 Å². The van der Waals surface area contributed by atoms with Gasteiger partial charge >= 0.3 is 0 Å². The van der Waals surface area contributed by atoms with Crippen LogP contribution in [0.3, 0.4) is 0 Å². The second-order valence-corrected chi connectivity index (χ2v) is 7.07. The van der Waals surface area contributed by atoms with E-state index >= 15 is 0 Å². The van der Waals surface area contributed by atoms with Crippen molar-refractivity contribution in [1.29, 1.82) is 0 Å². The van der Waals surface area contributed by atoms with E-state index in [-0.39, 0.29) is 5.41 Å². The molecule has 2 rings (SSSR count). The largest absolute Gasteiger partial charge is 0.388 e. The summed E-state index contributed by atoms with van der Waals surface area (Å²) in [5, 5.41) is 11.6. The molecule has 1 aliphatic rings. The van der Waals surface area contributed by atoms with Gasteiger partial charge in [0.2, 0.25) is 0 Å². The second-order valence-electron chi connectivity index (χ2n) is 5.52. The van der Waals surface area contributed by atoms with Crippen molar-refractivity contribution in [2.24, 2.45) is 5.41 Å². The fourth-order valence-corrected chi connectivity index (χ4v) is 4.11. The Morgan fingerprint density at radius 1 is 1.41 bits per heavy atom. The molecule has 0 aromatic heterocycles. The summed E-state index contributed by atoms with van der Waals surface area (Å²) < 4.78 is 0. The van der Waals surface area contributed by atoms with Crippen LogP contribution < -0.4 is 0 Å². The van der Waals surface area contributed by atoms with E-state index in [1.54, 1.807) is 0 Å². The van der Waals surface area contributed by atoms with Crippen LogP contribution in [0.1, 0.15) is 25.8 Å². The maximum absolute atomic E-state index is 10.9. The number of hydrogen-bond donors (Lipinski definition) is 1. The van der Waals surface area contributed by atoms with Crippen molar-refractivity contribution in [3.05, 3.63) is 34.9 Å². The Kier molecular flexibility index (Phi) is 3.77. The number of aliphatic hydroxyl groups is 1. The maximum Gasteiger partial charge on any atom is 0.0828 e. The third-order valence-corrected chi connectivity index (χ3v) is 5.27. The van der Waals surface area contributed by atoms with Crippen LogP contribution in [0.5, 0.6) is 0 Å². The predicted molar refractivity (Wildman–Crippen MR) is 75.8 cm³/mol. The number of rotatable bonds is 2. The lowest BCUT2D eigenvalue weighted by Gasteiger charge is -2.46. The first-order valence-electron chi connectivity index (χ1n) is 5.98. The Bertz CT molecular complexity index is 405. The van der Waals surface area contributed by atoms with Crippen LogP contribution in [0.15, 0.2) is 24.3 Å². The van der Waals surface area contributed by atoms with Crippen LogP contribution in [-0.2, 0) is 6.42 Å². The van der Waals surface area contributed by atoms with Crippen LogP contribution in [0.2, 0.25) is 5.02 Å². The summed E-state index contributed by atoms with van der Waals surface area (Å²) in [6.07, 6.45) is 1.75. The first kappa shape index (κ1) is 13.3. The molecule has 1 unspecified atom stereocenters. The minimum Gasteiger partial charge on any atom is -0.388 e. The van der Waals surface area contributed by atoms with Gasteiger partial charge in [0.1, 0.15) is 0 Å². The summed E-state index contributed by atoms with van der Waals surface area (Å²) >= 11 is 7.84. The topological polar surface area (TPSA) is 20.2 Å². The molecule has 1 nitrogen and oxygen atoms in total.